The minimum absolute atomic E-state index is 0.0398. The number of hydrogen-bond acceptors (Lipinski definition) is 6. The van der Waals surface area contributed by atoms with Gasteiger partial charge < -0.3 is 14.8 Å². The molecule has 0 unspecified atom stereocenters. The summed E-state index contributed by atoms with van der Waals surface area (Å²) in [5, 5.41) is 2.63. The highest BCUT2D eigenvalue weighted by atomic mass is 32.2. The minimum atomic E-state index is -3.85. The van der Waals surface area contributed by atoms with Crippen molar-refractivity contribution in [2.75, 3.05) is 25.6 Å². The molecule has 150 valence electrons. The summed E-state index contributed by atoms with van der Waals surface area (Å²) in [4.78, 5) is 23.0. The normalized spacial score (nSPS) is 10.9. The third-order valence-electron chi connectivity index (χ3n) is 3.76. The summed E-state index contributed by atoms with van der Waals surface area (Å²) in [6.07, 6.45) is 0.868. The highest BCUT2D eigenvalue weighted by molar-refractivity contribution is 7.89. The molecule has 28 heavy (non-hydrogen) atoms. The van der Waals surface area contributed by atoms with Gasteiger partial charge in [-0.05, 0) is 48.4 Å². The molecular weight excluding hydrogens is 384 g/mol. The molecule has 2 N–H and O–H groups in total. The Morgan fingerprint density at radius 2 is 1.79 bits per heavy atom. The first kappa shape index (κ1) is 21.4. The van der Waals surface area contributed by atoms with Crippen LogP contribution < -0.4 is 14.8 Å². The molecule has 0 aromatic heterocycles. The second-order valence-corrected chi connectivity index (χ2v) is 7.53. The van der Waals surface area contributed by atoms with Gasteiger partial charge in [-0.2, -0.15) is 4.72 Å². The maximum Gasteiger partial charge on any atom is 0.320 e. The molecule has 2 aromatic carbocycles. The van der Waals surface area contributed by atoms with E-state index in [4.69, 9.17) is 4.74 Å². The van der Waals surface area contributed by atoms with Crippen molar-refractivity contribution in [3.63, 3.8) is 0 Å². The summed E-state index contributed by atoms with van der Waals surface area (Å²) in [5.74, 6) is -0.467. The van der Waals surface area contributed by atoms with Crippen molar-refractivity contribution in [3.05, 3.63) is 54.1 Å². The largest absolute Gasteiger partial charge is 0.484 e. The molecule has 0 spiro atoms. The van der Waals surface area contributed by atoms with Gasteiger partial charge in [-0.15, -0.1) is 0 Å². The van der Waals surface area contributed by atoms with Gasteiger partial charge in [0.25, 0.3) is 5.91 Å². The Kier molecular flexibility index (Phi) is 7.53. The van der Waals surface area contributed by atoms with Gasteiger partial charge in [-0.1, -0.05) is 19.1 Å². The Bertz CT molecular complexity index is 926. The molecular formula is C19H22N2O6S. The van der Waals surface area contributed by atoms with Gasteiger partial charge in [0, 0.05) is 5.69 Å². The first-order chi connectivity index (χ1) is 13.3. The maximum absolute atomic E-state index is 12.1. The molecule has 9 heteroatoms. The number of sulfonamides is 1. The monoisotopic (exact) mass is 406 g/mol. The van der Waals surface area contributed by atoms with Gasteiger partial charge in [0.1, 0.15) is 12.3 Å². The van der Waals surface area contributed by atoms with E-state index in [1.165, 1.54) is 31.4 Å². The lowest BCUT2D eigenvalue weighted by Gasteiger charge is -2.09. The second kappa shape index (κ2) is 9.86. The van der Waals surface area contributed by atoms with Crippen LogP contribution in [0, 0.1) is 0 Å². The topological polar surface area (TPSA) is 111 Å². The highest BCUT2D eigenvalue weighted by Gasteiger charge is 2.15. The highest BCUT2D eigenvalue weighted by Crippen LogP contribution is 2.15. The number of rotatable bonds is 9. The van der Waals surface area contributed by atoms with E-state index in [1.807, 2.05) is 25.1 Å². The van der Waals surface area contributed by atoms with Crippen molar-refractivity contribution >= 4 is 27.6 Å². The number of carbonyl (C=O) groups is 2. The molecule has 2 aromatic rings. The predicted octanol–water partition coefficient (Wildman–Crippen LogP) is 1.72. The van der Waals surface area contributed by atoms with Crippen LogP contribution in [-0.4, -0.2) is 40.6 Å². The average Bonchev–Trinajstić information content (AvgIpc) is 2.71. The van der Waals surface area contributed by atoms with Crippen LogP contribution in [0.25, 0.3) is 0 Å². The molecule has 0 saturated heterocycles. The number of hydrogen-bond donors (Lipinski definition) is 2. The number of anilines is 1. The molecule has 0 bridgehead atoms. The van der Waals surface area contributed by atoms with Crippen molar-refractivity contribution in [2.24, 2.45) is 0 Å². The number of amides is 1. The Morgan fingerprint density at radius 1 is 1.07 bits per heavy atom. The Balaban J connectivity index is 1.90. The Labute approximate surface area is 163 Å². The number of aryl methyl sites for hydroxylation is 1. The fraction of sp³-hybridized carbons (Fsp3) is 0.263. The lowest BCUT2D eigenvalue weighted by Crippen LogP contribution is -2.30. The Hall–Kier alpha value is -2.91. The molecule has 0 radical (unpaired) electrons. The number of methoxy groups -OCH3 is 1. The van der Waals surface area contributed by atoms with Gasteiger partial charge >= 0.3 is 5.97 Å². The van der Waals surface area contributed by atoms with Crippen molar-refractivity contribution < 1.29 is 27.5 Å². The van der Waals surface area contributed by atoms with E-state index < -0.39 is 22.5 Å². The van der Waals surface area contributed by atoms with E-state index in [9.17, 15) is 18.0 Å². The fourth-order valence-electron chi connectivity index (χ4n) is 2.23. The van der Waals surface area contributed by atoms with Crippen LogP contribution in [0.2, 0.25) is 0 Å². The number of benzene rings is 2. The Morgan fingerprint density at radius 3 is 2.43 bits per heavy atom. The molecule has 0 saturated carbocycles. The molecule has 1 amide bonds. The van der Waals surface area contributed by atoms with Crippen molar-refractivity contribution in [1.82, 2.24) is 4.72 Å². The first-order valence-corrected chi connectivity index (χ1v) is 10.0. The zero-order valence-corrected chi connectivity index (χ0v) is 16.4. The van der Waals surface area contributed by atoms with Crippen LogP contribution in [0.3, 0.4) is 0 Å². The van der Waals surface area contributed by atoms with Crippen molar-refractivity contribution in [3.8, 4) is 5.75 Å². The molecule has 0 aliphatic heterocycles. The van der Waals surface area contributed by atoms with E-state index in [0.29, 0.717) is 11.4 Å². The van der Waals surface area contributed by atoms with Crippen molar-refractivity contribution in [1.29, 1.82) is 0 Å². The van der Waals surface area contributed by atoms with Gasteiger partial charge in [0.15, 0.2) is 6.61 Å². The SMILES string of the molecule is CCc1cccc(OCC(=O)Nc2ccc(S(=O)(=O)NCC(=O)OC)cc2)c1. The maximum atomic E-state index is 12.1. The third-order valence-corrected chi connectivity index (χ3v) is 5.18. The molecule has 2 rings (SSSR count). The average molecular weight is 406 g/mol. The van der Waals surface area contributed by atoms with E-state index in [-0.39, 0.29) is 17.4 Å². The number of ether oxygens (including phenoxy) is 2. The first-order valence-electron chi connectivity index (χ1n) is 8.52. The van der Waals surface area contributed by atoms with Crippen LogP contribution in [0.15, 0.2) is 53.4 Å². The smallest absolute Gasteiger partial charge is 0.320 e. The van der Waals surface area contributed by atoms with Crippen LogP contribution in [-0.2, 0) is 30.8 Å². The summed E-state index contributed by atoms with van der Waals surface area (Å²) >= 11 is 0. The predicted molar refractivity (Wildman–Crippen MR) is 104 cm³/mol. The molecule has 0 aliphatic rings. The summed E-state index contributed by atoms with van der Waals surface area (Å²) in [6, 6.07) is 13.0. The van der Waals surface area contributed by atoms with Gasteiger partial charge in [0.05, 0.1) is 12.0 Å². The lowest BCUT2D eigenvalue weighted by molar-refractivity contribution is -0.139. The molecule has 0 aliphatic carbocycles. The summed E-state index contributed by atoms with van der Waals surface area (Å²) < 4.78 is 36.1. The van der Waals surface area contributed by atoms with E-state index >= 15 is 0 Å². The van der Waals surface area contributed by atoms with Crippen molar-refractivity contribution in [2.45, 2.75) is 18.2 Å². The van der Waals surface area contributed by atoms with Crippen LogP contribution in [0.5, 0.6) is 5.75 Å². The summed E-state index contributed by atoms with van der Waals surface area (Å²) in [5.41, 5.74) is 1.53. The zero-order valence-electron chi connectivity index (χ0n) is 15.6. The number of esters is 1. The van der Waals surface area contributed by atoms with Crippen LogP contribution >= 0.6 is 0 Å². The fourth-order valence-corrected chi connectivity index (χ4v) is 3.20. The summed E-state index contributed by atoms with van der Waals surface area (Å²) in [6.45, 7) is 1.39. The van der Waals surface area contributed by atoms with Crippen LogP contribution in [0.4, 0.5) is 5.69 Å². The molecule has 0 atom stereocenters. The number of carbonyl (C=O) groups excluding carboxylic acids is 2. The summed E-state index contributed by atoms with van der Waals surface area (Å²) in [7, 11) is -2.69. The quantitative estimate of drug-likeness (QED) is 0.614. The van der Waals surface area contributed by atoms with Gasteiger partial charge in [0.2, 0.25) is 10.0 Å². The number of nitrogens with one attached hydrogen (secondary N) is 2. The molecule has 0 fully saturated rings. The third kappa shape index (κ3) is 6.36. The lowest BCUT2D eigenvalue weighted by atomic mass is 10.2. The van der Waals surface area contributed by atoms with E-state index in [1.54, 1.807) is 6.07 Å². The van der Waals surface area contributed by atoms with Gasteiger partial charge in [-0.25, -0.2) is 8.42 Å². The molecule has 8 nitrogen and oxygen atoms in total. The standard InChI is InChI=1S/C19H22N2O6S/c1-3-14-5-4-6-16(11-14)27-13-18(22)21-15-7-9-17(10-8-15)28(24,25)20-12-19(23)26-2/h4-11,20H,3,12-13H2,1-2H3,(H,21,22). The minimum Gasteiger partial charge on any atom is -0.484 e. The van der Waals surface area contributed by atoms with Crippen LogP contribution in [0.1, 0.15) is 12.5 Å². The van der Waals surface area contributed by atoms with E-state index in [2.05, 4.69) is 14.8 Å². The van der Waals surface area contributed by atoms with E-state index in [0.717, 1.165) is 12.0 Å². The van der Waals surface area contributed by atoms with Gasteiger partial charge in [-0.3, -0.25) is 9.59 Å². The zero-order chi connectivity index (χ0) is 20.6. The second-order valence-electron chi connectivity index (χ2n) is 5.76. The molecule has 0 heterocycles.